The number of halogens is 2. The number of rotatable bonds is 7. The first-order valence-electron chi connectivity index (χ1n) is 9.60. The third kappa shape index (κ3) is 5.32. The average molecular weight is 436 g/mol. The number of carbonyl (C=O) groups excluding carboxylic acids is 1. The molecule has 156 valence electrons. The molecule has 2 aromatic carbocycles. The van der Waals surface area contributed by atoms with Crippen molar-refractivity contribution >= 4 is 45.0 Å². The summed E-state index contributed by atoms with van der Waals surface area (Å²) in [5.74, 6) is -0.368. The molecule has 4 nitrogen and oxygen atoms in total. The zero-order chi connectivity index (χ0) is 20.3. The number of aryl methyl sites for hydroxylation is 2. The largest absolute Gasteiger partial charge is 0.302 e. The van der Waals surface area contributed by atoms with Crippen molar-refractivity contribution in [1.29, 1.82) is 0 Å². The van der Waals surface area contributed by atoms with Crippen LogP contribution in [0.4, 0.5) is 9.52 Å². The van der Waals surface area contributed by atoms with E-state index < -0.39 is 0 Å². The normalized spacial score (nSPS) is 11.0. The van der Waals surface area contributed by atoms with Crippen molar-refractivity contribution in [3.63, 3.8) is 0 Å². The summed E-state index contributed by atoms with van der Waals surface area (Å²) in [7, 11) is 0. The van der Waals surface area contributed by atoms with Crippen molar-refractivity contribution in [2.75, 3.05) is 31.1 Å². The monoisotopic (exact) mass is 435 g/mol. The highest BCUT2D eigenvalue weighted by molar-refractivity contribution is 7.22. The van der Waals surface area contributed by atoms with E-state index in [9.17, 15) is 9.18 Å². The number of nitrogens with zero attached hydrogens (tertiary/aromatic N) is 3. The third-order valence-corrected chi connectivity index (χ3v) is 6.14. The van der Waals surface area contributed by atoms with Gasteiger partial charge in [0.15, 0.2) is 5.13 Å². The Morgan fingerprint density at radius 3 is 2.41 bits per heavy atom. The molecule has 1 heterocycles. The number of fused-ring (bicyclic) bond motifs is 1. The fourth-order valence-electron chi connectivity index (χ4n) is 3.10. The minimum absolute atomic E-state index is 0. The third-order valence-electron chi connectivity index (χ3n) is 5.10. The molecule has 0 N–H and O–H groups in total. The second kappa shape index (κ2) is 10.1. The van der Waals surface area contributed by atoms with Gasteiger partial charge >= 0.3 is 0 Å². The predicted molar refractivity (Wildman–Crippen MR) is 122 cm³/mol. The number of aromatic nitrogens is 1. The van der Waals surface area contributed by atoms with Crippen LogP contribution in [0.15, 0.2) is 36.4 Å². The Morgan fingerprint density at radius 2 is 1.76 bits per heavy atom. The summed E-state index contributed by atoms with van der Waals surface area (Å²) in [5.41, 5.74) is 3.60. The second-order valence-electron chi connectivity index (χ2n) is 6.89. The summed E-state index contributed by atoms with van der Waals surface area (Å²) in [6.07, 6.45) is 0. The molecule has 0 aliphatic heterocycles. The van der Waals surface area contributed by atoms with Crippen molar-refractivity contribution in [2.45, 2.75) is 27.7 Å². The second-order valence-corrected chi connectivity index (χ2v) is 7.90. The lowest BCUT2D eigenvalue weighted by Gasteiger charge is -2.25. The van der Waals surface area contributed by atoms with Crippen LogP contribution < -0.4 is 4.90 Å². The van der Waals surface area contributed by atoms with Gasteiger partial charge in [-0.3, -0.25) is 9.69 Å². The minimum atomic E-state index is -0.294. The number of anilines is 1. The molecule has 3 aromatic rings. The van der Waals surface area contributed by atoms with Gasteiger partial charge in [0, 0.05) is 18.7 Å². The van der Waals surface area contributed by atoms with E-state index >= 15 is 0 Å². The van der Waals surface area contributed by atoms with E-state index in [1.165, 1.54) is 23.5 Å². The minimum Gasteiger partial charge on any atom is -0.302 e. The van der Waals surface area contributed by atoms with E-state index in [0.29, 0.717) is 22.8 Å². The highest BCUT2D eigenvalue weighted by Crippen LogP contribution is 2.30. The standard InChI is InChI=1S/C22H26FN3OS.ClH/c1-5-25(6-2)11-12-26(21(27)17-8-7-15(3)16(4)13-17)22-24-19-10-9-18(23)14-20(19)28-22;/h7-10,13-14H,5-6,11-12H2,1-4H3;1H. The zero-order valence-corrected chi connectivity index (χ0v) is 18.9. The summed E-state index contributed by atoms with van der Waals surface area (Å²) in [5, 5.41) is 0.607. The lowest BCUT2D eigenvalue weighted by Crippen LogP contribution is -2.38. The average Bonchev–Trinajstić information content (AvgIpc) is 3.09. The van der Waals surface area contributed by atoms with Gasteiger partial charge in [0.05, 0.1) is 10.2 Å². The number of hydrogen-bond donors (Lipinski definition) is 0. The summed E-state index contributed by atoms with van der Waals surface area (Å²) in [6, 6.07) is 10.3. The van der Waals surface area contributed by atoms with E-state index in [2.05, 4.69) is 23.7 Å². The quantitative estimate of drug-likeness (QED) is 0.494. The van der Waals surface area contributed by atoms with Crippen LogP contribution >= 0.6 is 23.7 Å². The van der Waals surface area contributed by atoms with Crippen LogP contribution in [0.2, 0.25) is 0 Å². The number of amides is 1. The maximum Gasteiger partial charge on any atom is 0.260 e. The van der Waals surface area contributed by atoms with Crippen LogP contribution in [-0.4, -0.2) is 42.0 Å². The molecule has 0 unspecified atom stereocenters. The SMILES string of the molecule is CCN(CC)CCN(C(=O)c1ccc(C)c(C)c1)c1nc2ccc(F)cc2s1.Cl. The van der Waals surface area contributed by atoms with Gasteiger partial charge in [-0.15, -0.1) is 12.4 Å². The van der Waals surface area contributed by atoms with Crippen molar-refractivity contribution in [3.8, 4) is 0 Å². The Balaban J connectivity index is 0.00000300. The topological polar surface area (TPSA) is 36.4 Å². The molecule has 0 bridgehead atoms. The Bertz CT molecular complexity index is 987. The van der Waals surface area contributed by atoms with Crippen molar-refractivity contribution in [2.24, 2.45) is 0 Å². The summed E-state index contributed by atoms with van der Waals surface area (Å²) in [6.45, 7) is 11.4. The lowest BCUT2D eigenvalue weighted by molar-refractivity contribution is 0.0983. The molecular formula is C22H27ClFN3OS. The molecule has 0 radical (unpaired) electrons. The number of hydrogen-bond acceptors (Lipinski definition) is 4. The maximum absolute atomic E-state index is 13.6. The van der Waals surface area contributed by atoms with Crippen LogP contribution in [0.5, 0.6) is 0 Å². The molecule has 0 saturated carbocycles. The summed E-state index contributed by atoms with van der Waals surface area (Å²) < 4.78 is 14.3. The molecule has 0 spiro atoms. The van der Waals surface area contributed by atoms with Gasteiger partial charge < -0.3 is 4.90 Å². The Labute approximate surface area is 181 Å². The van der Waals surface area contributed by atoms with Crippen LogP contribution in [0.3, 0.4) is 0 Å². The van der Waals surface area contributed by atoms with Crippen LogP contribution in [0.1, 0.15) is 35.3 Å². The molecule has 1 aromatic heterocycles. The fourth-order valence-corrected chi connectivity index (χ4v) is 4.11. The number of likely N-dealkylation sites (N-methyl/N-ethyl adjacent to an activating group) is 1. The molecule has 0 atom stereocenters. The van der Waals surface area contributed by atoms with Crippen molar-refractivity contribution in [1.82, 2.24) is 9.88 Å². The van der Waals surface area contributed by atoms with E-state index in [1.807, 2.05) is 32.0 Å². The van der Waals surface area contributed by atoms with Gasteiger partial charge in [0.1, 0.15) is 5.82 Å². The molecular weight excluding hydrogens is 409 g/mol. The predicted octanol–water partition coefficient (Wildman–Crippen LogP) is 5.46. The van der Waals surface area contributed by atoms with E-state index in [4.69, 9.17) is 0 Å². The maximum atomic E-state index is 13.6. The van der Waals surface area contributed by atoms with Gasteiger partial charge in [-0.05, 0) is 68.4 Å². The Hall–Kier alpha value is -2.02. The molecule has 7 heteroatoms. The fraction of sp³-hybridized carbons (Fsp3) is 0.364. The van der Waals surface area contributed by atoms with Gasteiger partial charge in [-0.2, -0.15) is 0 Å². The summed E-state index contributed by atoms with van der Waals surface area (Å²) >= 11 is 1.35. The molecule has 0 aliphatic carbocycles. The lowest BCUT2D eigenvalue weighted by atomic mass is 10.1. The number of thiazole rings is 1. The first-order valence-corrected chi connectivity index (χ1v) is 10.4. The smallest absolute Gasteiger partial charge is 0.260 e. The first-order chi connectivity index (χ1) is 13.4. The van der Waals surface area contributed by atoms with Crippen molar-refractivity contribution < 1.29 is 9.18 Å². The van der Waals surface area contributed by atoms with E-state index in [0.717, 1.165) is 35.5 Å². The highest BCUT2D eigenvalue weighted by Gasteiger charge is 2.22. The van der Waals surface area contributed by atoms with Gasteiger partial charge in [0.25, 0.3) is 5.91 Å². The molecule has 3 rings (SSSR count). The van der Waals surface area contributed by atoms with E-state index in [-0.39, 0.29) is 24.1 Å². The molecule has 1 amide bonds. The van der Waals surface area contributed by atoms with Gasteiger partial charge in [0.2, 0.25) is 0 Å². The molecule has 0 fully saturated rings. The van der Waals surface area contributed by atoms with Crippen LogP contribution in [-0.2, 0) is 0 Å². The zero-order valence-electron chi connectivity index (χ0n) is 17.2. The molecule has 0 saturated heterocycles. The number of carbonyl (C=O) groups is 1. The van der Waals surface area contributed by atoms with Crippen molar-refractivity contribution in [3.05, 3.63) is 58.9 Å². The van der Waals surface area contributed by atoms with Gasteiger partial charge in [-0.25, -0.2) is 9.37 Å². The Kier molecular flexibility index (Phi) is 8.14. The highest BCUT2D eigenvalue weighted by atomic mass is 35.5. The number of benzene rings is 2. The van der Waals surface area contributed by atoms with Gasteiger partial charge in [-0.1, -0.05) is 31.3 Å². The van der Waals surface area contributed by atoms with Crippen LogP contribution in [0, 0.1) is 19.7 Å². The Morgan fingerprint density at radius 1 is 1.03 bits per heavy atom. The summed E-state index contributed by atoms with van der Waals surface area (Å²) in [4.78, 5) is 21.9. The van der Waals surface area contributed by atoms with E-state index in [1.54, 1.807) is 11.0 Å². The molecule has 0 aliphatic rings. The van der Waals surface area contributed by atoms with Crippen LogP contribution in [0.25, 0.3) is 10.2 Å². The first kappa shape index (κ1) is 23.3. The molecule has 29 heavy (non-hydrogen) atoms.